The summed E-state index contributed by atoms with van der Waals surface area (Å²) in [4.78, 5) is 16.3. The van der Waals surface area contributed by atoms with Crippen LogP contribution in [0.15, 0.2) is 164 Å². The van der Waals surface area contributed by atoms with Crippen LogP contribution in [0.5, 0.6) is 0 Å². The predicted molar refractivity (Wildman–Crippen MR) is 222 cm³/mol. The average Bonchev–Trinajstić information content (AvgIpc) is 3.81. The molecule has 3 heterocycles. The van der Waals surface area contributed by atoms with E-state index in [0.29, 0.717) is 17.5 Å². The summed E-state index contributed by atoms with van der Waals surface area (Å²) in [6.45, 7) is 0. The molecule has 0 unspecified atom stereocenters. The molecule has 0 fully saturated rings. The van der Waals surface area contributed by atoms with Crippen LogP contribution in [0.2, 0.25) is 0 Å². The summed E-state index contributed by atoms with van der Waals surface area (Å²) in [5, 5.41) is 9.62. The number of hydrogen-bond donors (Lipinski definition) is 0. The number of nitrogens with zero attached hydrogens (tertiary/aromatic N) is 3. The molecule has 0 aliphatic carbocycles. The lowest BCUT2D eigenvalue weighted by Crippen LogP contribution is -2.02. The molecule has 3 aromatic heterocycles. The van der Waals surface area contributed by atoms with Crippen molar-refractivity contribution in [1.29, 1.82) is 0 Å². The van der Waals surface area contributed by atoms with Crippen LogP contribution in [0.4, 0.5) is 0 Å². The van der Waals surface area contributed by atoms with E-state index in [1.54, 1.807) is 0 Å². The van der Waals surface area contributed by atoms with Gasteiger partial charge in [0.05, 0.1) is 0 Å². The van der Waals surface area contributed by atoms with E-state index < -0.39 is 0 Å². The van der Waals surface area contributed by atoms with Crippen molar-refractivity contribution >= 4 is 84.6 Å². The number of hydrogen-bond acceptors (Lipinski definition) is 5. The Hall–Kier alpha value is -6.27. The molecule has 242 valence electrons. The van der Waals surface area contributed by atoms with E-state index in [1.165, 1.54) is 61.9 Å². The van der Waals surface area contributed by atoms with Gasteiger partial charge in [-0.2, -0.15) is 0 Å². The van der Waals surface area contributed by atoms with Crippen molar-refractivity contribution in [2.45, 2.75) is 0 Å². The third-order valence-electron chi connectivity index (χ3n) is 10.1. The van der Waals surface area contributed by atoms with Gasteiger partial charge in [0, 0.05) is 57.0 Å². The second-order valence-electron chi connectivity index (χ2n) is 13.1. The zero-order chi connectivity index (χ0) is 34.2. The van der Waals surface area contributed by atoms with E-state index in [9.17, 15) is 0 Å². The lowest BCUT2D eigenvalue weighted by molar-refractivity contribution is 1.08. The fraction of sp³-hybridized carbons (Fsp3) is 0. The molecule has 8 aromatic carbocycles. The monoisotopic (exact) mass is 697 g/mol. The lowest BCUT2D eigenvalue weighted by atomic mass is 9.97. The Labute approximate surface area is 307 Å². The van der Waals surface area contributed by atoms with Crippen LogP contribution in [-0.2, 0) is 0 Å². The highest BCUT2D eigenvalue weighted by atomic mass is 32.1. The Bertz CT molecular complexity index is 3020. The first-order chi connectivity index (χ1) is 25.8. The van der Waals surface area contributed by atoms with Gasteiger partial charge in [-0.1, -0.05) is 140 Å². The van der Waals surface area contributed by atoms with Gasteiger partial charge in [-0.25, -0.2) is 15.0 Å². The van der Waals surface area contributed by atoms with Gasteiger partial charge in [0.25, 0.3) is 0 Å². The van der Waals surface area contributed by atoms with E-state index in [-0.39, 0.29) is 0 Å². The summed E-state index contributed by atoms with van der Waals surface area (Å²) in [6, 6.07) is 58.2. The van der Waals surface area contributed by atoms with Gasteiger partial charge in [-0.15, -0.1) is 22.7 Å². The molecule has 5 heteroatoms. The molecule has 0 spiro atoms. The van der Waals surface area contributed by atoms with E-state index in [2.05, 4.69) is 164 Å². The topological polar surface area (TPSA) is 38.7 Å². The zero-order valence-electron chi connectivity index (χ0n) is 27.7. The molecule has 11 aromatic rings. The highest BCUT2D eigenvalue weighted by molar-refractivity contribution is 7.27. The third kappa shape index (κ3) is 4.53. The highest BCUT2D eigenvalue weighted by Gasteiger charge is 2.22. The molecule has 0 bridgehead atoms. The van der Waals surface area contributed by atoms with Crippen LogP contribution in [-0.4, -0.2) is 15.0 Å². The maximum Gasteiger partial charge on any atom is 0.164 e. The highest BCUT2D eigenvalue weighted by Crippen LogP contribution is 2.46. The van der Waals surface area contributed by atoms with Gasteiger partial charge >= 0.3 is 0 Å². The molecule has 0 N–H and O–H groups in total. The van der Waals surface area contributed by atoms with Crippen LogP contribution < -0.4 is 0 Å². The first-order valence-electron chi connectivity index (χ1n) is 17.4. The molecule has 0 saturated heterocycles. The van der Waals surface area contributed by atoms with Crippen molar-refractivity contribution in [3.05, 3.63) is 164 Å². The smallest absolute Gasteiger partial charge is 0.164 e. The second kappa shape index (κ2) is 11.6. The molecule has 0 aliphatic heterocycles. The Balaban J connectivity index is 1.29. The molecule has 0 atom stereocenters. The molecule has 0 aliphatic rings. The molecular weight excluding hydrogens is 671 g/mol. The van der Waals surface area contributed by atoms with E-state index in [4.69, 9.17) is 15.0 Å². The number of rotatable bonds is 4. The van der Waals surface area contributed by atoms with Gasteiger partial charge < -0.3 is 0 Å². The van der Waals surface area contributed by atoms with E-state index >= 15 is 0 Å². The summed E-state index contributed by atoms with van der Waals surface area (Å²) in [5.41, 5.74) is 5.20. The molecular formula is C47H27N3S2. The summed E-state index contributed by atoms with van der Waals surface area (Å²) < 4.78 is 5.00. The number of benzene rings is 8. The van der Waals surface area contributed by atoms with Gasteiger partial charge in [0.15, 0.2) is 17.5 Å². The normalized spacial score (nSPS) is 11.8. The first kappa shape index (κ1) is 29.5. The van der Waals surface area contributed by atoms with Crippen molar-refractivity contribution < 1.29 is 0 Å². The number of thiophene rings is 2. The molecule has 0 radical (unpaired) electrons. The SMILES string of the molecule is c1ccc(-c2ccccc2-c2nc(-c3cc4ccccc4c4sc5ccccc5c34)nc(-c3cc4ccccc4c4sc5ccccc5c34)n2)cc1. The van der Waals surface area contributed by atoms with Crippen LogP contribution >= 0.6 is 22.7 Å². The molecule has 3 nitrogen and oxygen atoms in total. The van der Waals surface area contributed by atoms with Crippen molar-refractivity contribution in [2.24, 2.45) is 0 Å². The molecule has 0 amide bonds. The second-order valence-corrected chi connectivity index (χ2v) is 15.2. The van der Waals surface area contributed by atoms with Crippen LogP contribution in [0.25, 0.3) is 107 Å². The summed E-state index contributed by atoms with van der Waals surface area (Å²) in [5.74, 6) is 1.99. The van der Waals surface area contributed by atoms with E-state index in [1.807, 2.05) is 22.7 Å². The number of fused-ring (bicyclic) bond motifs is 10. The minimum atomic E-state index is 0.654. The fourth-order valence-electron chi connectivity index (χ4n) is 7.76. The number of aromatic nitrogens is 3. The van der Waals surface area contributed by atoms with E-state index in [0.717, 1.165) is 27.8 Å². The quantitative estimate of drug-likeness (QED) is 0.184. The maximum absolute atomic E-state index is 5.48. The molecule has 11 rings (SSSR count). The summed E-state index contributed by atoms with van der Waals surface area (Å²) in [6.07, 6.45) is 0. The Morgan fingerprint density at radius 2 is 0.731 bits per heavy atom. The Morgan fingerprint density at radius 1 is 0.327 bits per heavy atom. The van der Waals surface area contributed by atoms with Crippen LogP contribution in [0.3, 0.4) is 0 Å². The predicted octanol–water partition coefficient (Wildman–Crippen LogP) is 13.6. The van der Waals surface area contributed by atoms with Crippen molar-refractivity contribution in [2.75, 3.05) is 0 Å². The third-order valence-corrected chi connectivity index (χ3v) is 12.5. The van der Waals surface area contributed by atoms with Crippen LogP contribution in [0.1, 0.15) is 0 Å². The standard InChI is InChI=1S/C47H27N3S2/c1-2-14-28(15-3-1)31-18-8-9-21-34(31)45-48-46(37-26-29-16-4-6-19-32(29)43-41(37)35-22-10-12-24-39(35)51-43)50-47(49-45)38-27-30-17-5-7-20-33(30)44-42(38)36-23-11-13-25-40(36)52-44/h1-27H. The zero-order valence-corrected chi connectivity index (χ0v) is 29.4. The minimum absolute atomic E-state index is 0.654. The van der Waals surface area contributed by atoms with Gasteiger partial charge in [0.1, 0.15) is 0 Å². The largest absolute Gasteiger partial charge is 0.208 e. The fourth-order valence-corrected chi connectivity index (χ4v) is 10.3. The average molecular weight is 698 g/mol. The van der Waals surface area contributed by atoms with Crippen molar-refractivity contribution in [3.8, 4) is 45.3 Å². The van der Waals surface area contributed by atoms with Crippen LogP contribution in [0, 0.1) is 0 Å². The summed E-state index contributed by atoms with van der Waals surface area (Å²) >= 11 is 3.67. The van der Waals surface area contributed by atoms with Crippen molar-refractivity contribution in [3.63, 3.8) is 0 Å². The van der Waals surface area contributed by atoms with Gasteiger partial charge in [-0.3, -0.25) is 0 Å². The Kier molecular flexibility index (Phi) is 6.59. The van der Waals surface area contributed by atoms with Gasteiger partial charge in [-0.05, 0) is 56.9 Å². The van der Waals surface area contributed by atoms with Crippen molar-refractivity contribution in [1.82, 2.24) is 15.0 Å². The minimum Gasteiger partial charge on any atom is -0.208 e. The maximum atomic E-state index is 5.48. The lowest BCUT2D eigenvalue weighted by Gasteiger charge is -2.14. The summed E-state index contributed by atoms with van der Waals surface area (Å²) in [7, 11) is 0. The molecule has 52 heavy (non-hydrogen) atoms. The molecule has 0 saturated carbocycles. The van der Waals surface area contributed by atoms with Gasteiger partial charge in [0.2, 0.25) is 0 Å². The Morgan fingerprint density at radius 3 is 1.27 bits per heavy atom. The first-order valence-corrected chi connectivity index (χ1v) is 19.0.